The van der Waals surface area contributed by atoms with Crippen LogP contribution in [0.3, 0.4) is 0 Å². The Labute approximate surface area is 218 Å². The van der Waals surface area contributed by atoms with Crippen LogP contribution in [-0.2, 0) is 27.5 Å². The van der Waals surface area contributed by atoms with Gasteiger partial charge < -0.3 is 15.5 Å². The fourth-order valence-electron chi connectivity index (χ4n) is 4.33. The van der Waals surface area contributed by atoms with E-state index in [-0.39, 0.29) is 40.8 Å². The second kappa shape index (κ2) is 11.9. The summed E-state index contributed by atoms with van der Waals surface area (Å²) in [5.41, 5.74) is 3.73. The van der Waals surface area contributed by atoms with Crippen molar-refractivity contribution in [3.63, 3.8) is 0 Å². The van der Waals surface area contributed by atoms with Crippen LogP contribution in [0.1, 0.15) is 59.7 Å². The standard InChI is InChI=1S/C15H17N3O3.C10H11ClN2O3/c1-16-7-9-2-3-11-10(6-9)8-18(15(11)21)12-4-5-13(19)17-14(12)20;1-6(2)7-3-10(13(15)16)8(11)4-9(7)12-5-14/h2-3,6,12,16H,4-5,7-8H2,1H3,(H,17,19,20);3-6H,1-2H3,(H,12,14). The van der Waals surface area contributed by atoms with Gasteiger partial charge in [0.2, 0.25) is 18.2 Å². The van der Waals surface area contributed by atoms with Crippen molar-refractivity contribution in [2.24, 2.45) is 0 Å². The van der Waals surface area contributed by atoms with Gasteiger partial charge in [-0.05, 0) is 48.2 Å². The van der Waals surface area contributed by atoms with Gasteiger partial charge in [-0.15, -0.1) is 0 Å². The summed E-state index contributed by atoms with van der Waals surface area (Å²) in [6, 6.07) is 7.96. The highest BCUT2D eigenvalue weighted by Crippen LogP contribution is 2.34. The van der Waals surface area contributed by atoms with Gasteiger partial charge in [-0.25, -0.2) is 0 Å². The summed E-state index contributed by atoms with van der Waals surface area (Å²) in [6.07, 6.45) is 1.19. The zero-order chi connectivity index (χ0) is 27.3. The third-order valence-electron chi connectivity index (χ3n) is 6.12. The van der Waals surface area contributed by atoms with E-state index < -0.39 is 11.0 Å². The third-order valence-corrected chi connectivity index (χ3v) is 6.42. The number of imide groups is 1. The van der Waals surface area contributed by atoms with Crippen molar-refractivity contribution in [1.29, 1.82) is 0 Å². The Kier molecular flexibility index (Phi) is 8.95. The number of nitro benzene ring substituents is 1. The second-order valence-electron chi connectivity index (χ2n) is 8.99. The molecule has 4 amide bonds. The minimum Gasteiger partial charge on any atom is -0.328 e. The van der Waals surface area contributed by atoms with E-state index in [0.29, 0.717) is 36.2 Å². The molecule has 1 saturated heterocycles. The summed E-state index contributed by atoms with van der Waals surface area (Å²) < 4.78 is 0. The molecule has 2 aliphatic heterocycles. The van der Waals surface area contributed by atoms with E-state index in [0.717, 1.165) is 17.7 Å². The quantitative estimate of drug-likeness (QED) is 0.216. The van der Waals surface area contributed by atoms with Crippen molar-refractivity contribution < 1.29 is 24.1 Å². The van der Waals surface area contributed by atoms with Gasteiger partial charge in [0.15, 0.2) is 0 Å². The van der Waals surface area contributed by atoms with Crippen molar-refractivity contribution in [2.75, 3.05) is 12.4 Å². The Hall–Kier alpha value is -3.83. The van der Waals surface area contributed by atoms with E-state index in [1.807, 2.05) is 39.1 Å². The smallest absolute Gasteiger partial charge is 0.288 e. The number of hydrogen-bond acceptors (Lipinski definition) is 7. The van der Waals surface area contributed by atoms with Crippen LogP contribution in [0.2, 0.25) is 5.02 Å². The van der Waals surface area contributed by atoms with Gasteiger partial charge in [0, 0.05) is 36.8 Å². The lowest BCUT2D eigenvalue weighted by atomic mass is 10.0. The van der Waals surface area contributed by atoms with Gasteiger partial charge in [-0.3, -0.25) is 34.6 Å². The molecule has 0 radical (unpaired) electrons. The fraction of sp³-hybridized carbons (Fsp3) is 0.360. The highest BCUT2D eigenvalue weighted by Gasteiger charge is 2.39. The third kappa shape index (κ3) is 6.30. The van der Waals surface area contributed by atoms with Gasteiger partial charge in [0.25, 0.3) is 11.6 Å². The first kappa shape index (κ1) is 27.8. The van der Waals surface area contributed by atoms with E-state index in [1.54, 1.807) is 4.90 Å². The molecule has 11 nitrogen and oxygen atoms in total. The SMILES string of the molecule is CC(C)c1cc([N+](=O)[O-])c(Cl)cc1NC=O.CNCc1ccc2c(c1)CN(C1CCC(=O)NC1=O)C2=O. The molecular weight excluding hydrogens is 502 g/mol. The topological polar surface area (TPSA) is 151 Å². The number of hydrogen-bond donors (Lipinski definition) is 3. The Bertz CT molecular complexity index is 1250. The summed E-state index contributed by atoms with van der Waals surface area (Å²) in [6.45, 7) is 4.92. The summed E-state index contributed by atoms with van der Waals surface area (Å²) in [7, 11) is 1.87. The summed E-state index contributed by atoms with van der Waals surface area (Å²) in [5, 5.41) is 18.6. The number of anilines is 1. The maximum Gasteiger partial charge on any atom is 0.288 e. The van der Waals surface area contributed by atoms with Gasteiger partial charge in [0.05, 0.1) is 4.92 Å². The molecule has 0 spiro atoms. The molecular formula is C25H28ClN5O6. The molecule has 1 atom stereocenters. The number of carbonyl (C=O) groups is 4. The van der Waals surface area contributed by atoms with Crippen LogP contribution >= 0.6 is 11.6 Å². The van der Waals surface area contributed by atoms with Gasteiger partial charge >= 0.3 is 0 Å². The van der Waals surface area contributed by atoms with Crippen LogP contribution in [0.5, 0.6) is 0 Å². The van der Waals surface area contributed by atoms with Crippen LogP contribution in [0.4, 0.5) is 11.4 Å². The lowest BCUT2D eigenvalue weighted by molar-refractivity contribution is -0.384. The van der Waals surface area contributed by atoms with Gasteiger partial charge in [0.1, 0.15) is 11.1 Å². The number of nitrogens with one attached hydrogen (secondary N) is 3. The molecule has 4 rings (SSSR count). The monoisotopic (exact) mass is 529 g/mol. The largest absolute Gasteiger partial charge is 0.328 e. The minimum absolute atomic E-state index is 0.0127. The zero-order valence-corrected chi connectivity index (χ0v) is 21.4. The summed E-state index contributed by atoms with van der Waals surface area (Å²) in [4.78, 5) is 57.7. The average molecular weight is 530 g/mol. The fourth-order valence-corrected chi connectivity index (χ4v) is 4.56. The lowest BCUT2D eigenvalue weighted by Crippen LogP contribution is -2.52. The highest BCUT2D eigenvalue weighted by molar-refractivity contribution is 6.33. The zero-order valence-electron chi connectivity index (χ0n) is 20.7. The molecule has 37 heavy (non-hydrogen) atoms. The molecule has 0 saturated carbocycles. The molecule has 0 aromatic heterocycles. The average Bonchev–Trinajstić information content (AvgIpc) is 3.15. The normalized spacial score (nSPS) is 16.6. The number of nitrogens with zero attached hydrogens (tertiary/aromatic N) is 2. The number of fused-ring (bicyclic) bond motifs is 1. The number of amides is 4. The van der Waals surface area contributed by atoms with E-state index in [1.165, 1.54) is 12.1 Å². The van der Waals surface area contributed by atoms with Gasteiger partial charge in [-0.2, -0.15) is 0 Å². The second-order valence-corrected chi connectivity index (χ2v) is 9.39. The predicted octanol–water partition coefficient (Wildman–Crippen LogP) is 3.11. The number of rotatable bonds is 7. The molecule has 2 aromatic rings. The van der Waals surface area contributed by atoms with Crippen LogP contribution in [0.15, 0.2) is 30.3 Å². The molecule has 12 heteroatoms. The highest BCUT2D eigenvalue weighted by atomic mass is 35.5. The molecule has 1 fully saturated rings. The summed E-state index contributed by atoms with van der Waals surface area (Å²) >= 11 is 5.74. The number of benzene rings is 2. The number of halogens is 1. The Morgan fingerprint density at radius 2 is 1.97 bits per heavy atom. The van der Waals surface area contributed by atoms with Crippen molar-refractivity contribution in [3.05, 3.63) is 67.7 Å². The lowest BCUT2D eigenvalue weighted by Gasteiger charge is -2.29. The van der Waals surface area contributed by atoms with E-state index >= 15 is 0 Å². The maximum absolute atomic E-state index is 12.4. The van der Waals surface area contributed by atoms with Gasteiger partial charge in [-0.1, -0.05) is 37.6 Å². The molecule has 0 bridgehead atoms. The first-order chi connectivity index (χ1) is 17.6. The van der Waals surface area contributed by atoms with E-state index in [9.17, 15) is 29.3 Å². The van der Waals surface area contributed by atoms with Crippen LogP contribution in [0.25, 0.3) is 0 Å². The Morgan fingerprint density at radius 1 is 1.24 bits per heavy atom. The number of nitro groups is 1. The Morgan fingerprint density at radius 3 is 2.57 bits per heavy atom. The van der Waals surface area contributed by atoms with Crippen LogP contribution in [-0.4, -0.2) is 47.0 Å². The number of piperidine rings is 1. The van der Waals surface area contributed by atoms with E-state index in [2.05, 4.69) is 16.0 Å². The molecule has 2 heterocycles. The minimum atomic E-state index is -0.546. The van der Waals surface area contributed by atoms with Crippen molar-refractivity contribution in [2.45, 2.75) is 51.7 Å². The molecule has 196 valence electrons. The van der Waals surface area contributed by atoms with Crippen molar-refractivity contribution >= 4 is 47.1 Å². The molecule has 0 aliphatic carbocycles. The van der Waals surface area contributed by atoms with Crippen molar-refractivity contribution in [1.82, 2.24) is 15.5 Å². The Balaban J connectivity index is 0.000000214. The first-order valence-electron chi connectivity index (χ1n) is 11.7. The van der Waals surface area contributed by atoms with Crippen LogP contribution in [0, 0.1) is 10.1 Å². The first-order valence-corrected chi connectivity index (χ1v) is 12.0. The number of carbonyl (C=O) groups excluding carboxylic acids is 4. The van der Waals surface area contributed by atoms with E-state index in [4.69, 9.17) is 11.6 Å². The van der Waals surface area contributed by atoms with Crippen molar-refractivity contribution in [3.8, 4) is 0 Å². The maximum atomic E-state index is 12.4. The molecule has 3 N–H and O–H groups in total. The van der Waals surface area contributed by atoms with Crippen LogP contribution < -0.4 is 16.0 Å². The predicted molar refractivity (Wildman–Crippen MR) is 137 cm³/mol. The molecule has 2 aliphatic rings. The molecule has 1 unspecified atom stereocenters. The summed E-state index contributed by atoms with van der Waals surface area (Å²) in [5.74, 6) is -0.714. The molecule has 2 aromatic carbocycles.